The van der Waals surface area contributed by atoms with E-state index in [4.69, 9.17) is 9.47 Å². The highest BCUT2D eigenvalue weighted by atomic mass is 32.1. The van der Waals surface area contributed by atoms with Gasteiger partial charge in [0.15, 0.2) is 0 Å². The Morgan fingerprint density at radius 3 is 2.46 bits per heavy atom. The maximum absolute atomic E-state index is 13.6. The van der Waals surface area contributed by atoms with E-state index in [9.17, 15) is 35.9 Å². The predicted molar refractivity (Wildman–Crippen MR) is 111 cm³/mol. The number of thiophene rings is 1. The predicted octanol–water partition coefficient (Wildman–Crippen LogP) is 4.58. The van der Waals surface area contributed by atoms with Gasteiger partial charge in [0.25, 0.3) is 5.91 Å². The summed E-state index contributed by atoms with van der Waals surface area (Å²) in [7, 11) is 1.35. The van der Waals surface area contributed by atoms with Crippen LogP contribution in [0.1, 0.15) is 35.7 Å². The number of carbonyl (C=O) groups is 2. The van der Waals surface area contributed by atoms with Crippen molar-refractivity contribution in [2.75, 3.05) is 26.7 Å². The lowest BCUT2D eigenvalue weighted by atomic mass is 10.1. The molecule has 8 nitrogen and oxygen atoms in total. The van der Waals surface area contributed by atoms with Gasteiger partial charge < -0.3 is 19.7 Å². The van der Waals surface area contributed by atoms with Gasteiger partial charge >= 0.3 is 18.6 Å². The summed E-state index contributed by atoms with van der Waals surface area (Å²) in [5, 5.41) is 3.65. The fraction of sp³-hybridized carbons (Fsp3) is 0.550. The minimum Gasteiger partial charge on any atom is -0.474 e. The van der Waals surface area contributed by atoms with E-state index in [1.165, 1.54) is 24.3 Å². The Labute approximate surface area is 199 Å². The number of piperidine rings is 1. The van der Waals surface area contributed by atoms with Gasteiger partial charge in [0.2, 0.25) is 5.88 Å². The molecule has 0 radical (unpaired) electrons. The van der Waals surface area contributed by atoms with Crippen molar-refractivity contribution in [3.05, 3.63) is 22.6 Å². The fourth-order valence-electron chi connectivity index (χ4n) is 3.37. The van der Waals surface area contributed by atoms with Gasteiger partial charge in [-0.25, -0.2) is 9.78 Å². The third-order valence-electron chi connectivity index (χ3n) is 5.05. The van der Waals surface area contributed by atoms with Gasteiger partial charge in [-0.05, 0) is 6.92 Å². The summed E-state index contributed by atoms with van der Waals surface area (Å²) < 4.78 is 91.2. The van der Waals surface area contributed by atoms with Crippen molar-refractivity contribution in [1.29, 1.82) is 0 Å². The molecule has 1 fully saturated rings. The van der Waals surface area contributed by atoms with Crippen LogP contribution in [0.4, 0.5) is 31.1 Å². The molecule has 15 heteroatoms. The van der Waals surface area contributed by atoms with Crippen molar-refractivity contribution in [3.63, 3.8) is 0 Å². The third kappa shape index (κ3) is 6.87. The Balaban J connectivity index is 1.65. The zero-order valence-electron chi connectivity index (χ0n) is 18.5. The quantitative estimate of drug-likeness (QED) is 0.552. The maximum Gasteiger partial charge on any atom is 0.522 e. The van der Waals surface area contributed by atoms with Crippen LogP contribution in [0.3, 0.4) is 0 Å². The summed E-state index contributed by atoms with van der Waals surface area (Å²) in [5.74, 6) is -0.900. The van der Waals surface area contributed by atoms with Crippen LogP contribution in [0.15, 0.2) is 11.4 Å². The number of aromatic nitrogens is 1. The minimum atomic E-state index is -4.84. The second-order valence-electron chi connectivity index (χ2n) is 7.67. The molecule has 1 aliphatic rings. The average Bonchev–Trinajstić information content (AvgIpc) is 3.19. The van der Waals surface area contributed by atoms with Crippen LogP contribution in [0.2, 0.25) is 0 Å². The number of carbonyl (C=O) groups excluding carboxylic acids is 2. The molecule has 0 aromatic carbocycles. The first kappa shape index (κ1) is 26.8. The van der Waals surface area contributed by atoms with Crippen LogP contribution in [0.25, 0.3) is 10.2 Å². The van der Waals surface area contributed by atoms with Crippen LogP contribution in [0.5, 0.6) is 5.88 Å². The topological polar surface area (TPSA) is 90.0 Å². The number of alkyl halides is 6. The van der Waals surface area contributed by atoms with E-state index in [-0.39, 0.29) is 47.6 Å². The van der Waals surface area contributed by atoms with Gasteiger partial charge in [-0.15, -0.1) is 24.5 Å². The molecule has 0 aliphatic carbocycles. The molecule has 0 bridgehead atoms. The van der Waals surface area contributed by atoms with Crippen molar-refractivity contribution in [1.82, 2.24) is 15.2 Å². The molecule has 2 aromatic rings. The number of pyridine rings is 1. The van der Waals surface area contributed by atoms with Crippen molar-refractivity contribution < 1.29 is 50.1 Å². The number of rotatable bonds is 6. The molecule has 1 aliphatic heterocycles. The van der Waals surface area contributed by atoms with Gasteiger partial charge in [-0.2, -0.15) is 13.2 Å². The van der Waals surface area contributed by atoms with Crippen molar-refractivity contribution in [3.8, 4) is 5.88 Å². The highest BCUT2D eigenvalue weighted by Gasteiger charge is 2.36. The number of likely N-dealkylation sites (tertiary alicyclic amines) is 1. The van der Waals surface area contributed by atoms with E-state index in [1.54, 1.807) is 0 Å². The number of fused-ring (bicyclic) bond motifs is 1. The van der Waals surface area contributed by atoms with Crippen molar-refractivity contribution >= 4 is 33.6 Å². The zero-order chi connectivity index (χ0) is 26.0. The fourth-order valence-corrected chi connectivity index (χ4v) is 4.39. The lowest BCUT2D eigenvalue weighted by Gasteiger charge is -2.32. The Morgan fingerprint density at radius 1 is 1.23 bits per heavy atom. The summed E-state index contributed by atoms with van der Waals surface area (Å²) in [5.41, 5.74) is -1.12. The van der Waals surface area contributed by atoms with Crippen molar-refractivity contribution in [2.24, 2.45) is 0 Å². The summed E-state index contributed by atoms with van der Waals surface area (Å²) in [6.45, 7) is 0.599. The molecule has 2 amide bonds. The van der Waals surface area contributed by atoms with E-state index in [0.717, 1.165) is 17.4 Å². The first-order valence-corrected chi connectivity index (χ1v) is 11.2. The molecule has 0 spiro atoms. The molecule has 1 unspecified atom stereocenters. The smallest absolute Gasteiger partial charge is 0.474 e. The Hall–Kier alpha value is -2.81. The normalized spacial score (nSPS) is 16.3. The molecule has 3 rings (SSSR count). The molecule has 35 heavy (non-hydrogen) atoms. The largest absolute Gasteiger partial charge is 0.522 e. The van der Waals surface area contributed by atoms with Crippen LogP contribution >= 0.6 is 11.3 Å². The number of hydrogen-bond donors (Lipinski definition) is 1. The molecule has 3 heterocycles. The van der Waals surface area contributed by atoms with Crippen LogP contribution in [-0.2, 0) is 15.7 Å². The summed E-state index contributed by atoms with van der Waals surface area (Å²) in [6.07, 6.45) is -11.7. The SMILES string of the molecule is CNC(=O)c1csc2c(C(F)(F)F)cc(OC3CCN(C(=O)OC(C)COC(F)(F)F)CC3)nc12. The van der Waals surface area contributed by atoms with Crippen LogP contribution in [0, 0.1) is 0 Å². The zero-order valence-corrected chi connectivity index (χ0v) is 19.3. The molecule has 2 aromatic heterocycles. The number of ether oxygens (including phenoxy) is 3. The number of halogens is 6. The lowest BCUT2D eigenvalue weighted by molar-refractivity contribution is -0.329. The van der Waals surface area contributed by atoms with E-state index in [0.29, 0.717) is 0 Å². The maximum atomic E-state index is 13.6. The second kappa shape index (κ2) is 10.4. The lowest BCUT2D eigenvalue weighted by Crippen LogP contribution is -2.43. The molecule has 1 N–H and O–H groups in total. The number of amides is 2. The summed E-state index contributed by atoms with van der Waals surface area (Å²) >= 11 is 0.751. The molecule has 1 saturated heterocycles. The van der Waals surface area contributed by atoms with Gasteiger partial charge in [0.1, 0.15) is 12.2 Å². The summed E-state index contributed by atoms with van der Waals surface area (Å²) in [6, 6.07) is 0.773. The molecular weight excluding hydrogens is 508 g/mol. The van der Waals surface area contributed by atoms with Gasteiger partial charge in [-0.1, -0.05) is 0 Å². The third-order valence-corrected chi connectivity index (χ3v) is 6.05. The van der Waals surface area contributed by atoms with Gasteiger partial charge in [-0.3, -0.25) is 9.53 Å². The molecule has 194 valence electrons. The van der Waals surface area contributed by atoms with Crippen molar-refractivity contribution in [2.45, 2.75) is 44.5 Å². The first-order chi connectivity index (χ1) is 16.3. The molecule has 0 saturated carbocycles. The first-order valence-electron chi connectivity index (χ1n) is 10.3. The Morgan fingerprint density at radius 2 is 1.89 bits per heavy atom. The number of nitrogens with one attached hydrogen (secondary N) is 1. The molecule has 1 atom stereocenters. The Bertz CT molecular complexity index is 1070. The highest BCUT2D eigenvalue weighted by Crippen LogP contribution is 2.40. The Kier molecular flexibility index (Phi) is 7.99. The van der Waals surface area contributed by atoms with E-state index < -0.39 is 48.9 Å². The minimum absolute atomic E-state index is 0.00960. The average molecular weight is 529 g/mol. The van der Waals surface area contributed by atoms with Crippen LogP contribution in [-0.4, -0.2) is 67.2 Å². The summed E-state index contributed by atoms with van der Waals surface area (Å²) in [4.78, 5) is 29.6. The van der Waals surface area contributed by atoms with Gasteiger partial charge in [0.05, 0.1) is 28.0 Å². The van der Waals surface area contributed by atoms with E-state index in [1.807, 2.05) is 0 Å². The van der Waals surface area contributed by atoms with E-state index >= 15 is 0 Å². The van der Waals surface area contributed by atoms with Gasteiger partial charge in [0, 0.05) is 44.4 Å². The monoisotopic (exact) mass is 529 g/mol. The second-order valence-corrected chi connectivity index (χ2v) is 8.55. The standard InChI is InChI=1S/C20H21F6N3O5S/c1-10(8-32-20(24,25)26)33-18(31)29-5-3-11(4-6-29)34-14-7-13(19(21,22)23)16-15(28-14)12(9-35-16)17(30)27-2/h7,9-11H,3-6,8H2,1-2H3,(H,27,30). The molecular formula is C20H21F6N3O5S. The number of hydrogen-bond acceptors (Lipinski definition) is 7. The van der Waals surface area contributed by atoms with Crippen LogP contribution < -0.4 is 10.1 Å². The highest BCUT2D eigenvalue weighted by molar-refractivity contribution is 7.17. The van der Waals surface area contributed by atoms with E-state index in [2.05, 4.69) is 15.0 Å². The number of nitrogens with zero attached hydrogens (tertiary/aromatic N) is 2.